The van der Waals surface area contributed by atoms with Crippen molar-refractivity contribution in [3.8, 4) is 0 Å². The Morgan fingerprint density at radius 2 is 2.67 bits per heavy atom. The molecule has 31 valence electrons. The van der Waals surface area contributed by atoms with E-state index in [9.17, 15) is 0 Å². The van der Waals surface area contributed by atoms with Gasteiger partial charge in [-0.15, -0.1) is 4.28 Å². The van der Waals surface area contributed by atoms with Crippen LogP contribution in [-0.2, 0) is 4.28 Å². The molecule has 1 aliphatic rings. The van der Waals surface area contributed by atoms with Crippen molar-refractivity contribution < 1.29 is 4.28 Å². The number of nitrogens with zero attached hydrogens (tertiary/aromatic N) is 1. The van der Waals surface area contributed by atoms with E-state index in [2.05, 4.69) is 9.44 Å². The van der Waals surface area contributed by atoms with Crippen LogP contribution in [0.5, 0.6) is 0 Å². The van der Waals surface area contributed by atoms with Crippen LogP contribution < -0.4 is 5.16 Å². The van der Waals surface area contributed by atoms with E-state index in [0.717, 1.165) is 0 Å². The third kappa shape index (κ3) is 0.755. The minimum Gasteiger partial charge on any atom is -0.129 e. The first-order valence-electron chi connectivity index (χ1n) is 1.51. The van der Waals surface area contributed by atoms with Crippen LogP contribution in [0.15, 0.2) is 11.5 Å². The molecule has 0 atom stereocenters. The van der Waals surface area contributed by atoms with Gasteiger partial charge in [0.15, 0.2) is 12.0 Å². The van der Waals surface area contributed by atoms with E-state index in [-0.39, 0.29) is 0 Å². The lowest BCUT2D eigenvalue weighted by molar-refractivity contribution is 0.342. The minimum absolute atomic E-state index is 1.22. The molecule has 2 nitrogen and oxygen atoms in total. The summed E-state index contributed by atoms with van der Waals surface area (Å²) in [6, 6.07) is 0. The van der Waals surface area contributed by atoms with Gasteiger partial charge in [0.05, 0.1) is 0 Å². The predicted octanol–water partition coefficient (Wildman–Crippen LogP) is 0.500. The molecule has 1 rings (SSSR count). The average molecular weight is 101 g/mol. The Morgan fingerprint density at radius 3 is 2.83 bits per heavy atom. The maximum atomic E-state index is 4.47. The van der Waals surface area contributed by atoms with Crippen LogP contribution in [0, 0.1) is 0 Å². The van der Waals surface area contributed by atoms with Gasteiger partial charge in [-0.1, -0.05) is 0 Å². The molecule has 1 aliphatic heterocycles. The maximum absolute atomic E-state index is 4.47. The van der Waals surface area contributed by atoms with E-state index >= 15 is 0 Å². The molecular weight excluding hydrogens is 98.1 g/mol. The molecule has 0 fully saturated rings. The molecule has 0 amide bonds. The summed E-state index contributed by atoms with van der Waals surface area (Å²) in [6.45, 7) is 0. The van der Waals surface area contributed by atoms with Crippen LogP contribution in [0.2, 0.25) is 0 Å². The fourth-order valence-electron chi connectivity index (χ4n) is 0.177. The zero-order valence-electron chi connectivity index (χ0n) is 3.00. The molecule has 0 aromatic carbocycles. The SMILES string of the molecule is C1=CSO[N+]=C1. The summed E-state index contributed by atoms with van der Waals surface area (Å²) in [5.41, 5.74) is 0. The van der Waals surface area contributed by atoms with E-state index in [1.54, 1.807) is 6.21 Å². The topological polar surface area (TPSA) is 23.3 Å². The first kappa shape index (κ1) is 3.74. The van der Waals surface area contributed by atoms with Crippen LogP contribution in [0.1, 0.15) is 0 Å². The van der Waals surface area contributed by atoms with E-state index in [1.807, 2.05) is 11.5 Å². The van der Waals surface area contributed by atoms with Gasteiger partial charge in [-0.05, 0) is 0 Å². The zero-order chi connectivity index (χ0) is 4.24. The summed E-state index contributed by atoms with van der Waals surface area (Å²) < 4.78 is 4.47. The van der Waals surface area contributed by atoms with E-state index in [1.165, 1.54) is 12.0 Å². The van der Waals surface area contributed by atoms with Crippen molar-refractivity contribution in [2.75, 3.05) is 0 Å². The van der Waals surface area contributed by atoms with Crippen molar-refractivity contribution in [2.45, 2.75) is 0 Å². The van der Waals surface area contributed by atoms with E-state index in [0.29, 0.717) is 0 Å². The van der Waals surface area contributed by atoms with Crippen LogP contribution in [0.25, 0.3) is 0 Å². The Balaban J connectivity index is 2.46. The molecule has 1 radical (unpaired) electrons. The Bertz CT molecular complexity index is 76.8. The summed E-state index contributed by atoms with van der Waals surface area (Å²) in [5.74, 6) is 0. The summed E-state index contributed by atoms with van der Waals surface area (Å²) in [4.78, 5) is 0. The fraction of sp³-hybridized carbons (Fsp3) is 0. The second-order valence-corrected chi connectivity index (χ2v) is 1.37. The number of hydrogen-bond acceptors (Lipinski definition) is 3. The highest BCUT2D eigenvalue weighted by Crippen LogP contribution is 2.01. The Morgan fingerprint density at radius 1 is 1.67 bits per heavy atom. The summed E-state index contributed by atoms with van der Waals surface area (Å²) in [6.07, 6.45) is 3.41. The van der Waals surface area contributed by atoms with E-state index in [4.69, 9.17) is 0 Å². The second kappa shape index (κ2) is 1.87. The van der Waals surface area contributed by atoms with Gasteiger partial charge in [-0.25, -0.2) is 0 Å². The van der Waals surface area contributed by atoms with Crippen LogP contribution >= 0.6 is 12.0 Å². The standard InChI is InChI=1S/C3H3NOS/c1-2-4-5-6-3-1/h1-3H/q+1. The smallest absolute Gasteiger partial charge is 0.129 e. The number of allylic oxidation sites excluding steroid dienone is 1. The molecule has 0 N–H and O–H groups in total. The Labute approximate surface area is 40.1 Å². The van der Waals surface area contributed by atoms with Gasteiger partial charge in [0.1, 0.15) is 0 Å². The third-order valence-electron chi connectivity index (χ3n) is 0.367. The first-order valence-corrected chi connectivity index (χ1v) is 2.31. The second-order valence-electron chi connectivity index (χ2n) is 0.754. The molecule has 0 spiro atoms. The lowest BCUT2D eigenvalue weighted by Crippen LogP contribution is -1.87. The maximum Gasteiger partial charge on any atom is 0.304 e. The Hall–Kier alpha value is -0.440. The van der Waals surface area contributed by atoms with Crippen LogP contribution in [-0.4, -0.2) is 6.21 Å². The number of oxime groups is 1. The normalized spacial score (nSPS) is 17.3. The van der Waals surface area contributed by atoms with Crippen molar-refractivity contribution in [3.05, 3.63) is 11.5 Å². The first-order chi connectivity index (χ1) is 3.00. The molecule has 0 aromatic heterocycles. The lowest BCUT2D eigenvalue weighted by Gasteiger charge is -1.73. The van der Waals surface area contributed by atoms with Crippen molar-refractivity contribution in [3.63, 3.8) is 0 Å². The molecular formula is C3H3NOS+. The molecule has 0 saturated carbocycles. The lowest BCUT2D eigenvalue weighted by atomic mass is 10.7. The van der Waals surface area contributed by atoms with Gasteiger partial charge in [-0.3, -0.25) is 0 Å². The van der Waals surface area contributed by atoms with Crippen LogP contribution in [0.4, 0.5) is 0 Å². The Kier molecular flexibility index (Phi) is 1.17. The van der Waals surface area contributed by atoms with Gasteiger partial charge >= 0.3 is 11.4 Å². The van der Waals surface area contributed by atoms with Crippen molar-refractivity contribution >= 4 is 18.3 Å². The molecule has 0 unspecified atom stereocenters. The van der Waals surface area contributed by atoms with Crippen molar-refractivity contribution in [1.82, 2.24) is 5.16 Å². The molecule has 0 bridgehead atoms. The predicted molar refractivity (Wildman–Crippen MR) is 26.0 cm³/mol. The van der Waals surface area contributed by atoms with Crippen LogP contribution in [0.3, 0.4) is 0 Å². The van der Waals surface area contributed by atoms with Crippen molar-refractivity contribution in [1.29, 1.82) is 0 Å². The third-order valence-corrected chi connectivity index (χ3v) is 0.807. The summed E-state index contributed by atoms with van der Waals surface area (Å²) in [5, 5.41) is 5.24. The van der Waals surface area contributed by atoms with Gasteiger partial charge in [-0.2, -0.15) is 0 Å². The molecule has 0 saturated heterocycles. The summed E-state index contributed by atoms with van der Waals surface area (Å²) in [7, 11) is 0. The average Bonchev–Trinajstić information content (AvgIpc) is 1.72. The highest BCUT2D eigenvalue weighted by atomic mass is 32.2. The number of hydrogen-bond donors (Lipinski definition) is 0. The number of rotatable bonds is 0. The van der Waals surface area contributed by atoms with Crippen molar-refractivity contribution in [2.24, 2.45) is 0 Å². The van der Waals surface area contributed by atoms with E-state index < -0.39 is 0 Å². The monoisotopic (exact) mass is 101 g/mol. The highest BCUT2D eigenvalue weighted by Gasteiger charge is 1.94. The van der Waals surface area contributed by atoms with Gasteiger partial charge in [0.2, 0.25) is 0 Å². The van der Waals surface area contributed by atoms with Gasteiger partial charge < -0.3 is 0 Å². The minimum atomic E-state index is 1.22. The van der Waals surface area contributed by atoms with Gasteiger partial charge in [0.25, 0.3) is 0 Å². The highest BCUT2D eigenvalue weighted by molar-refractivity contribution is 7.97. The largest absolute Gasteiger partial charge is 0.304 e. The molecule has 1 heterocycles. The molecule has 6 heavy (non-hydrogen) atoms. The quantitative estimate of drug-likeness (QED) is 0.415. The molecule has 0 aliphatic carbocycles. The molecule has 3 heteroatoms. The zero-order valence-corrected chi connectivity index (χ0v) is 3.81. The fourth-order valence-corrected chi connectivity index (χ4v) is 0.460. The molecule has 0 aromatic rings. The van der Waals surface area contributed by atoms with Gasteiger partial charge in [0, 0.05) is 11.5 Å². The summed E-state index contributed by atoms with van der Waals surface area (Å²) >= 11 is 1.22.